The molecule has 1 amide bonds. The molecule has 0 atom stereocenters. The lowest BCUT2D eigenvalue weighted by Crippen LogP contribution is -2.35. The number of carbonyl (C=O) groups is 1. The number of aryl methyl sites for hydroxylation is 1. The van der Waals surface area contributed by atoms with Crippen molar-refractivity contribution >= 4 is 22.8 Å². The van der Waals surface area contributed by atoms with Gasteiger partial charge in [-0.15, -0.1) is 0 Å². The van der Waals surface area contributed by atoms with Gasteiger partial charge in [0.15, 0.2) is 0 Å². The summed E-state index contributed by atoms with van der Waals surface area (Å²) < 4.78 is 38.2. The second-order valence-electron chi connectivity index (χ2n) is 7.32. The first-order valence-corrected chi connectivity index (χ1v) is 9.90. The predicted molar refractivity (Wildman–Crippen MR) is 107 cm³/mol. The predicted octanol–water partition coefficient (Wildman–Crippen LogP) is 3.65. The number of fused-ring (bicyclic) bond motifs is 1. The minimum atomic E-state index is -4.40. The van der Waals surface area contributed by atoms with Crippen LogP contribution < -0.4 is 4.90 Å². The molecule has 0 spiro atoms. The Bertz CT molecular complexity index is 982. The van der Waals surface area contributed by atoms with E-state index in [4.69, 9.17) is 0 Å². The molecule has 1 aliphatic heterocycles. The lowest BCUT2D eigenvalue weighted by atomic mass is 10.2. The average molecular weight is 417 g/mol. The normalized spacial score (nSPS) is 15.4. The number of nitrogens with zero attached hydrogens (tertiary/aromatic N) is 4. The molecule has 1 aliphatic rings. The van der Waals surface area contributed by atoms with Crippen LogP contribution in [0, 0.1) is 0 Å². The van der Waals surface area contributed by atoms with Crippen LogP contribution >= 0.6 is 0 Å². The number of carbonyl (C=O) groups excluding carboxylic acids is 1. The maximum atomic E-state index is 12.7. The highest BCUT2D eigenvalue weighted by Crippen LogP contribution is 2.29. The maximum Gasteiger partial charge on any atom is 0.417 e. The summed E-state index contributed by atoms with van der Waals surface area (Å²) in [6, 6.07) is 10.2. The van der Waals surface area contributed by atoms with Crippen molar-refractivity contribution in [3.05, 3.63) is 54.0 Å². The van der Waals surface area contributed by atoms with Gasteiger partial charge in [0.2, 0.25) is 5.91 Å². The maximum absolute atomic E-state index is 12.7. The Labute approximate surface area is 171 Å². The number of hydrogen-bond acceptors (Lipinski definition) is 4. The van der Waals surface area contributed by atoms with Crippen LogP contribution in [0.4, 0.5) is 19.0 Å². The van der Waals surface area contributed by atoms with Crippen LogP contribution in [0.25, 0.3) is 11.0 Å². The number of hydrogen-bond donors (Lipinski definition) is 1. The molecule has 30 heavy (non-hydrogen) atoms. The zero-order chi connectivity index (χ0) is 21.1. The molecule has 4 rings (SSSR count). The molecule has 0 radical (unpaired) electrons. The highest BCUT2D eigenvalue weighted by atomic mass is 19.4. The number of imidazole rings is 1. The van der Waals surface area contributed by atoms with E-state index in [9.17, 15) is 18.0 Å². The van der Waals surface area contributed by atoms with Gasteiger partial charge in [-0.25, -0.2) is 9.97 Å². The number of alkyl halides is 3. The van der Waals surface area contributed by atoms with Crippen molar-refractivity contribution in [1.29, 1.82) is 0 Å². The molecule has 0 aliphatic carbocycles. The lowest BCUT2D eigenvalue weighted by molar-refractivity contribution is -0.137. The van der Waals surface area contributed by atoms with E-state index in [1.807, 2.05) is 34.1 Å². The van der Waals surface area contributed by atoms with Gasteiger partial charge in [-0.3, -0.25) is 4.79 Å². The van der Waals surface area contributed by atoms with E-state index in [2.05, 4.69) is 15.0 Å². The fraction of sp³-hybridized carbons (Fsp3) is 0.381. The summed E-state index contributed by atoms with van der Waals surface area (Å²) in [5.74, 6) is 1.34. The zero-order valence-electron chi connectivity index (χ0n) is 16.3. The summed E-state index contributed by atoms with van der Waals surface area (Å²) in [5, 5.41) is 0. The van der Waals surface area contributed by atoms with E-state index in [1.165, 1.54) is 6.07 Å². The van der Waals surface area contributed by atoms with Crippen molar-refractivity contribution in [3.8, 4) is 0 Å². The molecular formula is C21H22F3N5O. The summed E-state index contributed by atoms with van der Waals surface area (Å²) in [6.45, 7) is 2.32. The third-order valence-corrected chi connectivity index (χ3v) is 5.26. The molecule has 9 heteroatoms. The summed E-state index contributed by atoms with van der Waals surface area (Å²) >= 11 is 0. The molecule has 1 fully saturated rings. The van der Waals surface area contributed by atoms with Gasteiger partial charge in [0.05, 0.1) is 16.6 Å². The summed E-state index contributed by atoms with van der Waals surface area (Å²) in [7, 11) is 0. The second-order valence-corrected chi connectivity index (χ2v) is 7.32. The van der Waals surface area contributed by atoms with Crippen molar-refractivity contribution in [3.63, 3.8) is 0 Å². The Morgan fingerprint density at radius 3 is 2.63 bits per heavy atom. The van der Waals surface area contributed by atoms with E-state index in [-0.39, 0.29) is 5.91 Å². The van der Waals surface area contributed by atoms with E-state index in [1.54, 1.807) is 0 Å². The third kappa shape index (κ3) is 4.55. The van der Waals surface area contributed by atoms with Crippen LogP contribution in [0.15, 0.2) is 42.6 Å². The Balaban J connectivity index is 1.32. The number of para-hydroxylation sites is 2. The molecule has 158 valence electrons. The molecular weight excluding hydrogens is 395 g/mol. The number of H-pyrrole nitrogens is 1. The minimum absolute atomic E-state index is 0.0534. The van der Waals surface area contributed by atoms with Gasteiger partial charge in [0.25, 0.3) is 0 Å². The van der Waals surface area contributed by atoms with Gasteiger partial charge >= 0.3 is 6.18 Å². The topological polar surface area (TPSA) is 65.1 Å². The molecule has 6 nitrogen and oxygen atoms in total. The molecule has 1 N–H and O–H groups in total. The number of anilines is 1. The second kappa shape index (κ2) is 8.33. The van der Waals surface area contributed by atoms with Crippen LogP contribution in [0.2, 0.25) is 0 Å². The first kappa shape index (κ1) is 20.2. The van der Waals surface area contributed by atoms with Crippen molar-refractivity contribution in [2.75, 3.05) is 31.1 Å². The first-order valence-electron chi connectivity index (χ1n) is 9.90. The molecule has 2 aromatic heterocycles. The van der Waals surface area contributed by atoms with Crippen LogP contribution in [0.1, 0.15) is 24.2 Å². The first-order chi connectivity index (χ1) is 14.4. The molecule has 3 aromatic rings. The Kier molecular flexibility index (Phi) is 5.61. The third-order valence-electron chi connectivity index (χ3n) is 5.26. The molecule has 3 heterocycles. The Hall–Kier alpha value is -3.10. The summed E-state index contributed by atoms with van der Waals surface area (Å²) in [4.78, 5) is 28.1. The van der Waals surface area contributed by atoms with Crippen LogP contribution in [-0.2, 0) is 17.4 Å². The van der Waals surface area contributed by atoms with Crippen molar-refractivity contribution in [2.45, 2.75) is 25.4 Å². The number of aromatic nitrogens is 3. The quantitative estimate of drug-likeness (QED) is 0.704. The van der Waals surface area contributed by atoms with Crippen molar-refractivity contribution < 1.29 is 18.0 Å². The van der Waals surface area contributed by atoms with E-state index < -0.39 is 11.7 Å². The Morgan fingerprint density at radius 2 is 1.90 bits per heavy atom. The molecule has 0 unspecified atom stereocenters. The van der Waals surface area contributed by atoms with Gasteiger partial charge in [0.1, 0.15) is 11.6 Å². The van der Waals surface area contributed by atoms with Gasteiger partial charge in [-0.05, 0) is 30.7 Å². The summed E-state index contributed by atoms with van der Waals surface area (Å²) in [5.41, 5.74) is 1.08. The molecule has 1 aromatic carbocycles. The molecule has 0 saturated carbocycles. The average Bonchev–Trinajstić information content (AvgIpc) is 2.99. The smallest absolute Gasteiger partial charge is 0.355 e. The highest BCUT2D eigenvalue weighted by Gasteiger charge is 2.31. The zero-order valence-corrected chi connectivity index (χ0v) is 16.3. The van der Waals surface area contributed by atoms with Crippen LogP contribution in [0.5, 0.6) is 0 Å². The van der Waals surface area contributed by atoms with Crippen molar-refractivity contribution in [2.24, 2.45) is 0 Å². The number of rotatable bonds is 4. The van der Waals surface area contributed by atoms with E-state index in [0.29, 0.717) is 44.8 Å². The standard InChI is InChI=1S/C21H22F3N5O/c22-21(23,24)15-6-8-19(25-14-15)28-10-3-11-29(13-12-28)20(30)9-7-18-26-16-4-1-2-5-17(16)27-18/h1-2,4-6,8,14H,3,7,9-13H2,(H,26,27). The van der Waals surface area contributed by atoms with Gasteiger partial charge in [-0.2, -0.15) is 13.2 Å². The van der Waals surface area contributed by atoms with E-state index in [0.717, 1.165) is 35.5 Å². The van der Waals surface area contributed by atoms with Crippen molar-refractivity contribution in [1.82, 2.24) is 19.9 Å². The van der Waals surface area contributed by atoms with Crippen LogP contribution in [0.3, 0.4) is 0 Å². The minimum Gasteiger partial charge on any atom is -0.355 e. The number of benzene rings is 1. The fourth-order valence-electron chi connectivity index (χ4n) is 3.64. The fourth-order valence-corrected chi connectivity index (χ4v) is 3.64. The molecule has 0 bridgehead atoms. The number of halogens is 3. The number of nitrogens with one attached hydrogen (secondary N) is 1. The summed E-state index contributed by atoms with van der Waals surface area (Å²) in [6.07, 6.45) is -1.91. The highest BCUT2D eigenvalue weighted by molar-refractivity contribution is 5.77. The van der Waals surface area contributed by atoms with E-state index >= 15 is 0 Å². The number of pyridine rings is 1. The lowest BCUT2D eigenvalue weighted by Gasteiger charge is -2.23. The van der Waals surface area contributed by atoms with Crippen LogP contribution in [-0.4, -0.2) is 51.9 Å². The van der Waals surface area contributed by atoms with Gasteiger partial charge < -0.3 is 14.8 Å². The van der Waals surface area contributed by atoms with Gasteiger partial charge in [-0.1, -0.05) is 12.1 Å². The SMILES string of the molecule is O=C(CCc1nc2ccccc2[nH]1)N1CCCN(c2ccc(C(F)(F)F)cn2)CC1. The Morgan fingerprint density at radius 1 is 1.07 bits per heavy atom. The largest absolute Gasteiger partial charge is 0.417 e. The number of amides is 1. The number of aromatic amines is 1. The molecule has 1 saturated heterocycles. The monoisotopic (exact) mass is 417 g/mol. The van der Waals surface area contributed by atoms with Gasteiger partial charge in [0, 0.05) is 45.2 Å².